The van der Waals surface area contributed by atoms with Gasteiger partial charge in [0.05, 0.1) is 11.8 Å². The van der Waals surface area contributed by atoms with Crippen molar-refractivity contribution in [2.24, 2.45) is 0 Å². The van der Waals surface area contributed by atoms with Crippen LogP contribution in [0.3, 0.4) is 0 Å². The molecule has 0 aliphatic carbocycles. The Morgan fingerprint density at radius 1 is 1.27 bits per heavy atom. The van der Waals surface area contributed by atoms with Gasteiger partial charge < -0.3 is 0 Å². The van der Waals surface area contributed by atoms with Crippen molar-refractivity contribution in [2.75, 3.05) is 11.5 Å². The second kappa shape index (κ2) is 7.75. The molecule has 0 heterocycles. The minimum absolute atomic E-state index is 0.456. The average Bonchev–Trinajstić information content (AvgIpc) is 2.28. The molecule has 0 aliphatic rings. The number of aryl methyl sites for hydroxylation is 1. The molecular formula is C11H11NS3. The van der Waals surface area contributed by atoms with E-state index in [1.165, 1.54) is 17.3 Å². The highest BCUT2D eigenvalue weighted by Gasteiger charge is 1.98. The SMILES string of the molecule is N#CCSC(=S)SCCc1ccccc1. The average molecular weight is 253 g/mol. The summed E-state index contributed by atoms with van der Waals surface area (Å²) in [6, 6.07) is 12.4. The third kappa shape index (κ3) is 5.83. The molecule has 1 rings (SSSR count). The second-order valence-corrected chi connectivity index (χ2v) is 6.06. The Hall–Kier alpha value is -0.500. The van der Waals surface area contributed by atoms with Crippen LogP contribution in [0, 0.1) is 11.3 Å². The summed E-state index contributed by atoms with van der Waals surface area (Å²) in [5.74, 6) is 1.44. The van der Waals surface area contributed by atoms with E-state index in [9.17, 15) is 0 Å². The molecule has 0 fully saturated rings. The summed E-state index contributed by atoms with van der Waals surface area (Å²) >= 11 is 8.21. The van der Waals surface area contributed by atoms with Gasteiger partial charge in [0.2, 0.25) is 0 Å². The van der Waals surface area contributed by atoms with E-state index in [0.29, 0.717) is 5.75 Å². The molecule has 0 aromatic heterocycles. The molecule has 0 bridgehead atoms. The number of rotatable bonds is 4. The first-order valence-electron chi connectivity index (χ1n) is 4.53. The lowest BCUT2D eigenvalue weighted by Crippen LogP contribution is -1.91. The Labute approximate surface area is 104 Å². The van der Waals surface area contributed by atoms with Crippen LogP contribution in [0.5, 0.6) is 0 Å². The maximum atomic E-state index is 8.38. The van der Waals surface area contributed by atoms with Gasteiger partial charge >= 0.3 is 0 Å². The molecule has 1 nitrogen and oxygen atoms in total. The van der Waals surface area contributed by atoms with Crippen molar-refractivity contribution in [1.82, 2.24) is 0 Å². The molecule has 0 N–H and O–H groups in total. The fourth-order valence-corrected chi connectivity index (χ4v) is 2.90. The topological polar surface area (TPSA) is 23.8 Å². The number of nitrogens with zero attached hydrogens (tertiary/aromatic N) is 1. The third-order valence-electron chi connectivity index (χ3n) is 1.71. The van der Waals surface area contributed by atoms with Crippen LogP contribution in [0.4, 0.5) is 0 Å². The van der Waals surface area contributed by atoms with Gasteiger partial charge in [-0.25, -0.2) is 0 Å². The molecule has 4 heteroatoms. The van der Waals surface area contributed by atoms with Crippen molar-refractivity contribution in [1.29, 1.82) is 5.26 Å². The van der Waals surface area contributed by atoms with E-state index in [2.05, 4.69) is 18.2 Å². The first-order valence-corrected chi connectivity index (χ1v) is 6.91. The maximum Gasteiger partial charge on any atom is 0.105 e. The summed E-state index contributed by atoms with van der Waals surface area (Å²) in [6.45, 7) is 0. The predicted octanol–water partition coefficient (Wildman–Crippen LogP) is 3.50. The standard InChI is InChI=1S/C11H11NS3/c12-7-9-15-11(13)14-8-6-10-4-2-1-3-5-10/h1-5H,6,8-9H2. The summed E-state index contributed by atoms with van der Waals surface area (Å²) < 4.78 is 0.868. The summed E-state index contributed by atoms with van der Waals surface area (Å²) in [6.07, 6.45) is 1.03. The minimum Gasteiger partial charge on any atom is -0.197 e. The molecule has 0 radical (unpaired) electrons. The summed E-state index contributed by atoms with van der Waals surface area (Å²) in [4.78, 5) is 0. The lowest BCUT2D eigenvalue weighted by atomic mass is 10.2. The molecular weight excluding hydrogens is 242 g/mol. The van der Waals surface area contributed by atoms with Crippen molar-refractivity contribution >= 4 is 39.3 Å². The minimum atomic E-state index is 0.456. The Kier molecular flexibility index (Phi) is 6.49. The Balaban J connectivity index is 2.17. The molecule has 1 aromatic carbocycles. The highest BCUT2D eigenvalue weighted by atomic mass is 32.2. The van der Waals surface area contributed by atoms with Crippen molar-refractivity contribution in [3.63, 3.8) is 0 Å². The summed E-state index contributed by atoms with van der Waals surface area (Å²) in [5, 5.41) is 8.38. The van der Waals surface area contributed by atoms with Gasteiger partial charge in [0.1, 0.15) is 3.53 Å². The van der Waals surface area contributed by atoms with Crippen molar-refractivity contribution in [2.45, 2.75) is 6.42 Å². The Morgan fingerprint density at radius 3 is 2.67 bits per heavy atom. The number of nitriles is 1. The molecule has 78 valence electrons. The van der Waals surface area contributed by atoms with E-state index in [4.69, 9.17) is 17.5 Å². The summed E-state index contributed by atoms with van der Waals surface area (Å²) in [7, 11) is 0. The van der Waals surface area contributed by atoms with Crippen LogP contribution in [0.15, 0.2) is 30.3 Å². The quantitative estimate of drug-likeness (QED) is 0.766. The predicted molar refractivity (Wildman–Crippen MR) is 73.3 cm³/mol. The van der Waals surface area contributed by atoms with E-state index >= 15 is 0 Å². The van der Waals surface area contributed by atoms with Gasteiger partial charge in [0.25, 0.3) is 0 Å². The van der Waals surface area contributed by atoms with Crippen LogP contribution in [-0.4, -0.2) is 15.0 Å². The van der Waals surface area contributed by atoms with Gasteiger partial charge in [0.15, 0.2) is 0 Å². The molecule has 15 heavy (non-hydrogen) atoms. The molecule has 0 saturated carbocycles. The number of hydrogen-bond acceptors (Lipinski definition) is 4. The Bertz CT molecular complexity index is 343. The fourth-order valence-electron chi connectivity index (χ4n) is 1.03. The van der Waals surface area contributed by atoms with Gasteiger partial charge in [-0.05, 0) is 12.0 Å². The van der Waals surface area contributed by atoms with E-state index in [-0.39, 0.29) is 0 Å². The number of benzene rings is 1. The lowest BCUT2D eigenvalue weighted by molar-refractivity contribution is 1.16. The van der Waals surface area contributed by atoms with E-state index in [1.54, 1.807) is 11.8 Å². The Morgan fingerprint density at radius 2 is 2.00 bits per heavy atom. The van der Waals surface area contributed by atoms with Crippen LogP contribution in [-0.2, 0) is 6.42 Å². The molecule has 0 saturated heterocycles. The molecule has 1 aromatic rings. The van der Waals surface area contributed by atoms with Crippen LogP contribution >= 0.6 is 35.7 Å². The van der Waals surface area contributed by atoms with Gasteiger partial charge in [-0.2, -0.15) is 5.26 Å². The van der Waals surface area contributed by atoms with Crippen molar-refractivity contribution in [3.05, 3.63) is 35.9 Å². The lowest BCUT2D eigenvalue weighted by Gasteiger charge is -2.01. The van der Waals surface area contributed by atoms with E-state index in [1.807, 2.05) is 18.2 Å². The largest absolute Gasteiger partial charge is 0.197 e. The zero-order chi connectivity index (χ0) is 10.9. The van der Waals surface area contributed by atoms with Gasteiger partial charge in [0, 0.05) is 5.75 Å². The van der Waals surface area contributed by atoms with Crippen LogP contribution in [0.1, 0.15) is 5.56 Å². The second-order valence-electron chi connectivity index (χ2n) is 2.78. The number of thiocarbonyl (C=S) groups is 1. The van der Waals surface area contributed by atoms with E-state index in [0.717, 1.165) is 15.7 Å². The van der Waals surface area contributed by atoms with Gasteiger partial charge in [-0.3, -0.25) is 0 Å². The summed E-state index contributed by atoms with van der Waals surface area (Å²) in [5.41, 5.74) is 1.33. The monoisotopic (exact) mass is 253 g/mol. The molecule has 0 spiro atoms. The molecule has 0 atom stereocenters. The number of hydrogen-bond donors (Lipinski definition) is 0. The van der Waals surface area contributed by atoms with E-state index < -0.39 is 0 Å². The zero-order valence-electron chi connectivity index (χ0n) is 8.18. The molecule has 0 amide bonds. The first kappa shape index (κ1) is 12.6. The van der Waals surface area contributed by atoms with Gasteiger partial charge in [-0.1, -0.05) is 54.3 Å². The van der Waals surface area contributed by atoms with Gasteiger partial charge in [-0.15, -0.1) is 11.8 Å². The molecule has 0 unspecified atom stereocenters. The normalized spacial score (nSPS) is 9.53. The van der Waals surface area contributed by atoms with Crippen molar-refractivity contribution < 1.29 is 0 Å². The number of thioether (sulfide) groups is 2. The third-order valence-corrected chi connectivity index (χ3v) is 4.28. The zero-order valence-corrected chi connectivity index (χ0v) is 10.6. The smallest absolute Gasteiger partial charge is 0.105 e. The van der Waals surface area contributed by atoms with Crippen molar-refractivity contribution in [3.8, 4) is 6.07 Å². The molecule has 0 aliphatic heterocycles. The van der Waals surface area contributed by atoms with Crippen LogP contribution in [0.25, 0.3) is 0 Å². The highest BCUT2D eigenvalue weighted by Crippen LogP contribution is 2.17. The fraction of sp³-hybridized carbons (Fsp3) is 0.273. The highest BCUT2D eigenvalue weighted by molar-refractivity contribution is 8.47. The first-order chi connectivity index (χ1) is 7.33. The van der Waals surface area contributed by atoms with Crippen LogP contribution < -0.4 is 0 Å². The van der Waals surface area contributed by atoms with Crippen LogP contribution in [0.2, 0.25) is 0 Å². The maximum absolute atomic E-state index is 8.38.